The van der Waals surface area contributed by atoms with Gasteiger partial charge in [0.15, 0.2) is 0 Å². The molecule has 0 radical (unpaired) electrons. The van der Waals surface area contributed by atoms with E-state index in [-0.39, 0.29) is 30.3 Å². The first-order valence-electron chi connectivity index (χ1n) is 8.87. The van der Waals surface area contributed by atoms with Gasteiger partial charge in [-0.2, -0.15) is 5.10 Å². The highest BCUT2D eigenvalue weighted by atomic mass is 32.1. The van der Waals surface area contributed by atoms with Crippen molar-refractivity contribution < 1.29 is 9.59 Å². The Morgan fingerprint density at radius 2 is 1.96 bits per heavy atom. The van der Waals surface area contributed by atoms with E-state index < -0.39 is 0 Å². The number of thiophene rings is 1. The molecule has 134 valence electrons. The highest BCUT2D eigenvalue weighted by Crippen LogP contribution is 2.34. The van der Waals surface area contributed by atoms with E-state index in [0.29, 0.717) is 6.42 Å². The van der Waals surface area contributed by atoms with Crippen LogP contribution in [-0.2, 0) is 9.59 Å². The highest BCUT2D eigenvalue weighted by Gasteiger charge is 2.36. The van der Waals surface area contributed by atoms with Gasteiger partial charge in [0, 0.05) is 19.4 Å². The van der Waals surface area contributed by atoms with Crippen LogP contribution in [0.2, 0.25) is 0 Å². The van der Waals surface area contributed by atoms with Crippen molar-refractivity contribution in [2.45, 2.75) is 25.3 Å². The second-order valence-electron chi connectivity index (χ2n) is 6.86. The zero-order valence-corrected chi connectivity index (χ0v) is 15.5. The monoisotopic (exact) mass is 367 g/mol. The molecule has 1 aromatic heterocycles. The molecule has 2 heterocycles. The van der Waals surface area contributed by atoms with Crippen LogP contribution >= 0.6 is 11.3 Å². The fourth-order valence-corrected chi connectivity index (χ4v) is 3.98. The van der Waals surface area contributed by atoms with Crippen LogP contribution in [0.1, 0.15) is 35.7 Å². The van der Waals surface area contributed by atoms with Crippen molar-refractivity contribution in [1.29, 1.82) is 0 Å². The van der Waals surface area contributed by atoms with Gasteiger partial charge in [-0.15, -0.1) is 11.3 Å². The Morgan fingerprint density at radius 3 is 2.62 bits per heavy atom. The number of carbonyl (C=O) groups is 2. The van der Waals surface area contributed by atoms with Crippen molar-refractivity contribution >= 4 is 28.9 Å². The number of hydrazone groups is 1. The second kappa shape index (κ2) is 7.03. The van der Waals surface area contributed by atoms with Crippen LogP contribution < -0.4 is 0 Å². The quantitative estimate of drug-likeness (QED) is 0.814. The van der Waals surface area contributed by atoms with Crippen molar-refractivity contribution in [2.24, 2.45) is 11.0 Å². The Hall–Kier alpha value is -2.47. The van der Waals surface area contributed by atoms with E-state index in [4.69, 9.17) is 0 Å². The van der Waals surface area contributed by atoms with E-state index in [1.54, 1.807) is 28.3 Å². The summed E-state index contributed by atoms with van der Waals surface area (Å²) < 4.78 is 0. The first-order chi connectivity index (χ1) is 12.6. The van der Waals surface area contributed by atoms with Crippen LogP contribution in [0.15, 0.2) is 52.9 Å². The van der Waals surface area contributed by atoms with Crippen molar-refractivity contribution in [3.05, 3.63) is 58.3 Å². The second-order valence-corrected chi connectivity index (χ2v) is 7.81. The van der Waals surface area contributed by atoms with Crippen molar-refractivity contribution in [1.82, 2.24) is 9.91 Å². The SMILES string of the molecule is CN(CC(=O)N1N=C(c2cccs2)C[C@H]1c1ccccc1)C(=O)C1CC1. The lowest BCUT2D eigenvalue weighted by Gasteiger charge is -2.25. The minimum absolute atomic E-state index is 0.0660. The molecule has 1 fully saturated rings. The van der Waals surface area contributed by atoms with Crippen molar-refractivity contribution in [3.63, 3.8) is 0 Å². The molecule has 1 aromatic carbocycles. The minimum Gasteiger partial charge on any atom is -0.336 e. The van der Waals surface area contributed by atoms with Crippen LogP contribution in [0.25, 0.3) is 0 Å². The predicted octanol–water partition coefficient (Wildman–Crippen LogP) is 3.29. The van der Waals surface area contributed by atoms with Crippen molar-refractivity contribution in [2.75, 3.05) is 13.6 Å². The molecule has 0 unspecified atom stereocenters. The van der Waals surface area contributed by atoms with Gasteiger partial charge >= 0.3 is 0 Å². The van der Waals surface area contributed by atoms with Crippen LogP contribution in [0.4, 0.5) is 0 Å². The maximum absolute atomic E-state index is 12.9. The van der Waals surface area contributed by atoms with Gasteiger partial charge < -0.3 is 4.90 Å². The minimum atomic E-state index is -0.137. The molecule has 2 aliphatic rings. The number of hydrogen-bond acceptors (Lipinski definition) is 4. The Kier molecular flexibility index (Phi) is 4.59. The van der Waals surface area contributed by atoms with Gasteiger partial charge in [0.05, 0.1) is 16.6 Å². The molecule has 1 aliphatic carbocycles. The molecule has 4 rings (SSSR count). The summed E-state index contributed by atoms with van der Waals surface area (Å²) in [6.45, 7) is 0.0693. The molecule has 0 saturated heterocycles. The highest BCUT2D eigenvalue weighted by molar-refractivity contribution is 7.12. The zero-order valence-electron chi connectivity index (χ0n) is 14.7. The van der Waals surface area contributed by atoms with E-state index in [2.05, 4.69) is 5.10 Å². The summed E-state index contributed by atoms with van der Waals surface area (Å²) in [6.07, 6.45) is 2.57. The molecular weight excluding hydrogens is 346 g/mol. The summed E-state index contributed by atoms with van der Waals surface area (Å²) in [5, 5.41) is 8.22. The lowest BCUT2D eigenvalue weighted by atomic mass is 10.0. The summed E-state index contributed by atoms with van der Waals surface area (Å²) in [6, 6.07) is 13.9. The van der Waals surface area contributed by atoms with Crippen LogP contribution in [0.5, 0.6) is 0 Å². The third-order valence-corrected chi connectivity index (χ3v) is 5.75. The van der Waals surface area contributed by atoms with Gasteiger partial charge in [-0.25, -0.2) is 5.01 Å². The van der Waals surface area contributed by atoms with Gasteiger partial charge in [0.1, 0.15) is 6.54 Å². The number of hydrogen-bond donors (Lipinski definition) is 0. The number of carbonyl (C=O) groups excluding carboxylic acids is 2. The number of likely N-dealkylation sites (N-methyl/N-ethyl adjacent to an activating group) is 1. The molecule has 0 N–H and O–H groups in total. The summed E-state index contributed by atoms with van der Waals surface area (Å²) in [5.74, 6) is 0.0413. The fraction of sp³-hybridized carbons (Fsp3) is 0.350. The Labute approximate surface area is 156 Å². The van der Waals surface area contributed by atoms with E-state index in [1.165, 1.54) is 0 Å². The van der Waals surface area contributed by atoms with Crippen LogP contribution in [-0.4, -0.2) is 41.0 Å². The molecular formula is C20H21N3O2S. The fourth-order valence-electron chi connectivity index (χ4n) is 3.26. The molecule has 2 amide bonds. The first kappa shape index (κ1) is 17.0. The lowest BCUT2D eigenvalue weighted by Crippen LogP contribution is -2.39. The molecule has 6 heteroatoms. The average molecular weight is 367 g/mol. The van der Waals surface area contributed by atoms with Gasteiger partial charge in [-0.1, -0.05) is 36.4 Å². The third-order valence-electron chi connectivity index (χ3n) is 4.83. The van der Waals surface area contributed by atoms with E-state index >= 15 is 0 Å². The molecule has 2 aromatic rings. The van der Waals surface area contributed by atoms with Crippen molar-refractivity contribution in [3.8, 4) is 0 Å². The van der Waals surface area contributed by atoms with E-state index in [1.807, 2.05) is 47.8 Å². The number of benzene rings is 1. The summed E-state index contributed by atoms with van der Waals surface area (Å²) in [7, 11) is 1.70. The number of nitrogens with zero attached hydrogens (tertiary/aromatic N) is 3. The largest absolute Gasteiger partial charge is 0.336 e. The Bertz CT molecular complexity index is 828. The molecule has 1 atom stereocenters. The lowest BCUT2D eigenvalue weighted by molar-refractivity contribution is -0.141. The smallest absolute Gasteiger partial charge is 0.262 e. The summed E-state index contributed by atoms with van der Waals surface area (Å²) in [4.78, 5) is 27.7. The van der Waals surface area contributed by atoms with Crippen LogP contribution in [0.3, 0.4) is 0 Å². The molecule has 5 nitrogen and oxygen atoms in total. The first-order valence-corrected chi connectivity index (χ1v) is 9.75. The summed E-state index contributed by atoms with van der Waals surface area (Å²) in [5.41, 5.74) is 1.99. The predicted molar refractivity (Wildman–Crippen MR) is 102 cm³/mol. The van der Waals surface area contributed by atoms with E-state index in [0.717, 1.165) is 29.0 Å². The number of rotatable bonds is 5. The van der Waals surface area contributed by atoms with Gasteiger partial charge in [0.25, 0.3) is 5.91 Å². The normalized spacial score (nSPS) is 19.3. The molecule has 26 heavy (non-hydrogen) atoms. The van der Waals surface area contributed by atoms with Gasteiger partial charge in [0.2, 0.25) is 5.91 Å². The standard InChI is InChI=1S/C20H21N3O2S/c1-22(20(25)15-9-10-15)13-19(24)23-17(14-6-3-2-4-7-14)12-16(21-23)18-8-5-11-26-18/h2-8,11,15,17H,9-10,12-13H2,1H3/t17-/m0/s1. The van der Waals surface area contributed by atoms with Crippen LogP contribution in [0, 0.1) is 5.92 Å². The molecule has 0 spiro atoms. The zero-order chi connectivity index (χ0) is 18.1. The summed E-state index contributed by atoms with van der Waals surface area (Å²) >= 11 is 1.63. The van der Waals surface area contributed by atoms with Gasteiger partial charge in [-0.3, -0.25) is 9.59 Å². The third kappa shape index (κ3) is 3.42. The topological polar surface area (TPSA) is 53.0 Å². The van der Waals surface area contributed by atoms with Gasteiger partial charge in [-0.05, 0) is 29.9 Å². The average Bonchev–Trinajstić information content (AvgIpc) is 3.18. The maximum atomic E-state index is 12.9. The molecule has 1 aliphatic heterocycles. The maximum Gasteiger partial charge on any atom is 0.262 e. The Morgan fingerprint density at radius 1 is 1.19 bits per heavy atom. The molecule has 1 saturated carbocycles. The Balaban J connectivity index is 1.56. The van der Waals surface area contributed by atoms with E-state index in [9.17, 15) is 9.59 Å². The number of amides is 2. The molecule has 0 bridgehead atoms.